The van der Waals surface area contributed by atoms with E-state index in [-0.39, 0.29) is 5.88 Å². The highest BCUT2D eigenvalue weighted by atomic mass is 16.3. The highest BCUT2D eigenvalue weighted by Crippen LogP contribution is 2.38. The molecule has 0 atom stereocenters. The van der Waals surface area contributed by atoms with Crippen molar-refractivity contribution in [2.24, 2.45) is 0 Å². The van der Waals surface area contributed by atoms with Gasteiger partial charge in [0.25, 0.3) is 5.88 Å². The van der Waals surface area contributed by atoms with Crippen LogP contribution in [0.2, 0.25) is 0 Å². The first-order valence-corrected chi connectivity index (χ1v) is 4.25. The normalized spacial score (nSPS) is 16.6. The third-order valence-corrected chi connectivity index (χ3v) is 2.19. The van der Waals surface area contributed by atoms with Gasteiger partial charge in [-0.1, -0.05) is 0 Å². The monoisotopic (exact) mass is 176 g/mol. The molecule has 2 aromatic rings. The third kappa shape index (κ3) is 0.965. The van der Waals surface area contributed by atoms with Gasteiger partial charge in [0.2, 0.25) is 5.65 Å². The summed E-state index contributed by atoms with van der Waals surface area (Å²) in [6, 6.07) is 0. The lowest BCUT2D eigenvalue weighted by atomic mass is 10.4. The zero-order valence-electron chi connectivity index (χ0n) is 6.88. The third-order valence-electron chi connectivity index (χ3n) is 2.19. The first-order chi connectivity index (χ1) is 6.34. The highest BCUT2D eigenvalue weighted by molar-refractivity contribution is 5.46. The average Bonchev–Trinajstić information content (AvgIpc) is 2.85. The fourth-order valence-corrected chi connectivity index (χ4v) is 1.34. The molecule has 1 N–H and O–H groups in total. The molecule has 0 spiro atoms. The van der Waals surface area contributed by atoms with Crippen molar-refractivity contribution in [1.82, 2.24) is 19.6 Å². The lowest BCUT2D eigenvalue weighted by Gasteiger charge is -1.99. The zero-order chi connectivity index (χ0) is 8.84. The van der Waals surface area contributed by atoms with E-state index in [9.17, 15) is 5.11 Å². The van der Waals surface area contributed by atoms with Crippen molar-refractivity contribution in [3.05, 3.63) is 18.2 Å². The summed E-state index contributed by atoms with van der Waals surface area (Å²) in [5.74, 6) is 1.14. The predicted molar refractivity (Wildman–Crippen MR) is 44.4 cm³/mol. The Hall–Kier alpha value is -1.65. The highest BCUT2D eigenvalue weighted by Gasteiger charge is 2.28. The SMILES string of the molecule is Oc1nc(C2CC2)nn2ccnc12. The van der Waals surface area contributed by atoms with Gasteiger partial charge in [-0.15, -0.1) is 0 Å². The van der Waals surface area contributed by atoms with Crippen molar-refractivity contribution >= 4 is 5.65 Å². The zero-order valence-corrected chi connectivity index (χ0v) is 6.88. The molecule has 66 valence electrons. The molecule has 5 nitrogen and oxygen atoms in total. The van der Waals surface area contributed by atoms with Gasteiger partial charge in [-0.2, -0.15) is 10.1 Å². The molecule has 0 aromatic carbocycles. The Morgan fingerprint density at radius 2 is 2.31 bits per heavy atom. The minimum absolute atomic E-state index is 0.0260. The van der Waals surface area contributed by atoms with Crippen molar-refractivity contribution in [2.45, 2.75) is 18.8 Å². The molecule has 1 fully saturated rings. The standard InChI is InChI=1S/C8H8N4O/c13-8-7-9-3-4-12(7)11-6(10-8)5-1-2-5/h3-5H,1-2H2,(H,10,11,13). The minimum Gasteiger partial charge on any atom is -0.491 e. The summed E-state index contributed by atoms with van der Waals surface area (Å²) in [5, 5.41) is 13.7. The van der Waals surface area contributed by atoms with Gasteiger partial charge in [0.15, 0.2) is 5.82 Å². The Morgan fingerprint density at radius 1 is 1.46 bits per heavy atom. The van der Waals surface area contributed by atoms with Crippen LogP contribution in [0, 0.1) is 0 Å². The Balaban J connectivity index is 2.27. The second-order valence-electron chi connectivity index (χ2n) is 3.26. The Kier molecular flexibility index (Phi) is 1.15. The second-order valence-corrected chi connectivity index (χ2v) is 3.26. The lowest BCUT2D eigenvalue weighted by Crippen LogP contribution is -1.99. The summed E-state index contributed by atoms with van der Waals surface area (Å²) >= 11 is 0. The van der Waals surface area contributed by atoms with Gasteiger partial charge < -0.3 is 5.11 Å². The van der Waals surface area contributed by atoms with E-state index in [1.165, 1.54) is 0 Å². The van der Waals surface area contributed by atoms with E-state index >= 15 is 0 Å². The average molecular weight is 176 g/mol. The summed E-state index contributed by atoms with van der Waals surface area (Å²) < 4.78 is 1.57. The maximum atomic E-state index is 9.48. The molecule has 2 aromatic heterocycles. The van der Waals surface area contributed by atoms with Crippen LogP contribution in [-0.2, 0) is 0 Å². The molecule has 0 amide bonds. The molecule has 0 unspecified atom stereocenters. The smallest absolute Gasteiger partial charge is 0.259 e. The number of aromatic nitrogens is 4. The van der Waals surface area contributed by atoms with Crippen LogP contribution in [0.1, 0.15) is 24.6 Å². The first kappa shape index (κ1) is 6.82. The quantitative estimate of drug-likeness (QED) is 0.694. The van der Waals surface area contributed by atoms with Crippen molar-refractivity contribution in [3.63, 3.8) is 0 Å². The molecule has 1 saturated carbocycles. The largest absolute Gasteiger partial charge is 0.491 e. The van der Waals surface area contributed by atoms with E-state index in [1.807, 2.05) is 0 Å². The van der Waals surface area contributed by atoms with E-state index in [0.717, 1.165) is 18.7 Å². The van der Waals surface area contributed by atoms with Gasteiger partial charge >= 0.3 is 0 Å². The van der Waals surface area contributed by atoms with Gasteiger partial charge in [0, 0.05) is 18.3 Å². The molecule has 13 heavy (non-hydrogen) atoms. The van der Waals surface area contributed by atoms with Gasteiger partial charge in [-0.25, -0.2) is 9.50 Å². The lowest BCUT2D eigenvalue weighted by molar-refractivity contribution is 0.448. The van der Waals surface area contributed by atoms with Crippen molar-refractivity contribution in [1.29, 1.82) is 0 Å². The molecule has 3 rings (SSSR count). The van der Waals surface area contributed by atoms with Crippen molar-refractivity contribution in [2.75, 3.05) is 0 Å². The first-order valence-electron chi connectivity index (χ1n) is 4.25. The number of hydrogen-bond donors (Lipinski definition) is 1. The van der Waals surface area contributed by atoms with Crippen molar-refractivity contribution < 1.29 is 5.11 Å². The maximum Gasteiger partial charge on any atom is 0.259 e. The van der Waals surface area contributed by atoms with Crippen LogP contribution in [0.3, 0.4) is 0 Å². The Bertz CT molecular complexity index is 460. The van der Waals surface area contributed by atoms with Crippen molar-refractivity contribution in [3.8, 4) is 5.88 Å². The van der Waals surface area contributed by atoms with E-state index in [2.05, 4.69) is 15.1 Å². The van der Waals surface area contributed by atoms with Crippen LogP contribution < -0.4 is 0 Å². The summed E-state index contributed by atoms with van der Waals surface area (Å²) in [6.07, 6.45) is 5.56. The Morgan fingerprint density at radius 3 is 3.08 bits per heavy atom. The van der Waals surface area contributed by atoms with Gasteiger partial charge in [0.1, 0.15) is 0 Å². The molecular weight excluding hydrogens is 168 g/mol. The number of fused-ring (bicyclic) bond motifs is 1. The fraction of sp³-hybridized carbons (Fsp3) is 0.375. The number of imidazole rings is 1. The molecule has 0 aliphatic heterocycles. The number of nitrogens with zero attached hydrogens (tertiary/aromatic N) is 4. The summed E-state index contributed by atoms with van der Waals surface area (Å²) in [7, 11) is 0. The fourth-order valence-electron chi connectivity index (χ4n) is 1.34. The maximum absolute atomic E-state index is 9.48. The molecule has 5 heteroatoms. The molecular formula is C8H8N4O. The summed E-state index contributed by atoms with van der Waals surface area (Å²) in [6.45, 7) is 0. The van der Waals surface area contributed by atoms with E-state index < -0.39 is 0 Å². The van der Waals surface area contributed by atoms with Gasteiger partial charge in [-0.05, 0) is 12.8 Å². The number of hydrogen-bond acceptors (Lipinski definition) is 4. The molecule has 0 saturated heterocycles. The molecule has 1 aliphatic carbocycles. The minimum atomic E-state index is -0.0260. The number of rotatable bonds is 1. The van der Waals surface area contributed by atoms with Gasteiger partial charge in [-0.3, -0.25) is 0 Å². The van der Waals surface area contributed by atoms with Crippen LogP contribution in [0.15, 0.2) is 12.4 Å². The van der Waals surface area contributed by atoms with E-state index in [4.69, 9.17) is 0 Å². The van der Waals surface area contributed by atoms with Crippen LogP contribution in [0.4, 0.5) is 0 Å². The molecule has 2 heterocycles. The molecule has 0 bridgehead atoms. The van der Waals surface area contributed by atoms with Crippen LogP contribution >= 0.6 is 0 Å². The van der Waals surface area contributed by atoms with E-state index in [0.29, 0.717) is 11.6 Å². The van der Waals surface area contributed by atoms with Crippen LogP contribution in [0.25, 0.3) is 5.65 Å². The van der Waals surface area contributed by atoms with E-state index in [1.54, 1.807) is 16.9 Å². The summed E-state index contributed by atoms with van der Waals surface area (Å²) in [4.78, 5) is 7.92. The summed E-state index contributed by atoms with van der Waals surface area (Å²) in [5.41, 5.74) is 0.421. The van der Waals surface area contributed by atoms with Crippen LogP contribution in [-0.4, -0.2) is 24.7 Å². The van der Waals surface area contributed by atoms with Gasteiger partial charge in [0.05, 0.1) is 0 Å². The topological polar surface area (TPSA) is 63.3 Å². The Labute approximate surface area is 74.1 Å². The van der Waals surface area contributed by atoms with Crippen LogP contribution in [0.5, 0.6) is 5.88 Å². The molecule has 1 aliphatic rings. The number of aromatic hydroxyl groups is 1. The predicted octanol–water partition coefficient (Wildman–Crippen LogP) is 0.707. The molecule has 0 radical (unpaired) electrons. The second kappa shape index (κ2) is 2.18.